The number of nitrogens with two attached hydrogens (primary N) is 1. The van der Waals surface area contributed by atoms with Crippen molar-refractivity contribution >= 4 is 22.5 Å². The number of hydrogen-bond acceptors (Lipinski definition) is 3. The van der Waals surface area contributed by atoms with Crippen molar-refractivity contribution in [1.29, 1.82) is 0 Å². The van der Waals surface area contributed by atoms with Crippen molar-refractivity contribution in [3.8, 4) is 0 Å². The number of fused-ring (bicyclic) bond motifs is 1. The van der Waals surface area contributed by atoms with Crippen molar-refractivity contribution < 1.29 is 4.79 Å². The van der Waals surface area contributed by atoms with E-state index in [0.717, 1.165) is 31.3 Å². The molecule has 3 rings (SSSR count). The average molecular weight is 255 g/mol. The zero-order chi connectivity index (χ0) is 13.2. The number of benzene rings is 1. The second-order valence-electron chi connectivity index (χ2n) is 4.97. The van der Waals surface area contributed by atoms with E-state index in [4.69, 9.17) is 5.73 Å². The molecule has 2 heterocycles. The third kappa shape index (κ3) is 2.26. The first kappa shape index (κ1) is 12.0. The number of para-hydroxylation sites is 1. The summed E-state index contributed by atoms with van der Waals surface area (Å²) in [5.41, 5.74) is 7.74. The molecule has 4 heteroatoms. The standard InChI is InChI=1S/C15H17N3O/c16-12-6-4-5-11-7-8-13(17-14(11)12)15(19)18-9-2-1-3-10-18/h4-8H,1-3,9-10,16H2. The number of hydrogen-bond donors (Lipinski definition) is 1. The van der Waals surface area contributed by atoms with Crippen molar-refractivity contribution in [2.45, 2.75) is 19.3 Å². The molecule has 1 aromatic heterocycles. The zero-order valence-corrected chi connectivity index (χ0v) is 10.8. The molecule has 4 nitrogen and oxygen atoms in total. The maximum Gasteiger partial charge on any atom is 0.272 e. The van der Waals surface area contributed by atoms with E-state index in [9.17, 15) is 4.79 Å². The molecule has 2 N–H and O–H groups in total. The number of anilines is 1. The van der Waals surface area contributed by atoms with Gasteiger partial charge in [-0.15, -0.1) is 0 Å². The Bertz CT molecular complexity index is 618. The topological polar surface area (TPSA) is 59.2 Å². The number of pyridine rings is 1. The van der Waals surface area contributed by atoms with Crippen LogP contribution in [0, 0.1) is 0 Å². The summed E-state index contributed by atoms with van der Waals surface area (Å²) in [5, 5.41) is 0.968. The number of aromatic nitrogens is 1. The molecule has 0 spiro atoms. The van der Waals surface area contributed by atoms with Gasteiger partial charge in [0, 0.05) is 18.5 Å². The SMILES string of the molecule is Nc1cccc2ccc(C(=O)N3CCCCC3)nc12. The molecule has 1 fully saturated rings. The lowest BCUT2D eigenvalue weighted by Gasteiger charge is -2.26. The van der Waals surface area contributed by atoms with Gasteiger partial charge in [-0.25, -0.2) is 4.98 Å². The van der Waals surface area contributed by atoms with Crippen molar-refractivity contribution in [1.82, 2.24) is 9.88 Å². The Hall–Kier alpha value is -2.10. The first-order valence-corrected chi connectivity index (χ1v) is 6.70. The smallest absolute Gasteiger partial charge is 0.272 e. The average Bonchev–Trinajstić information content (AvgIpc) is 2.47. The molecule has 1 aliphatic heterocycles. The molecule has 0 radical (unpaired) electrons. The van der Waals surface area contributed by atoms with E-state index >= 15 is 0 Å². The van der Waals surface area contributed by atoms with Gasteiger partial charge in [-0.3, -0.25) is 4.79 Å². The van der Waals surface area contributed by atoms with Crippen molar-refractivity contribution in [2.24, 2.45) is 0 Å². The molecule has 1 aromatic carbocycles. The number of amides is 1. The van der Waals surface area contributed by atoms with Gasteiger partial charge in [0.25, 0.3) is 5.91 Å². The van der Waals surface area contributed by atoms with Gasteiger partial charge in [-0.05, 0) is 31.4 Å². The van der Waals surface area contributed by atoms with Crippen LogP contribution in [-0.4, -0.2) is 28.9 Å². The van der Waals surface area contributed by atoms with Gasteiger partial charge in [0.1, 0.15) is 5.69 Å². The van der Waals surface area contributed by atoms with Gasteiger partial charge in [-0.2, -0.15) is 0 Å². The monoisotopic (exact) mass is 255 g/mol. The number of carbonyl (C=O) groups excluding carboxylic acids is 1. The fraction of sp³-hybridized carbons (Fsp3) is 0.333. The van der Waals surface area contributed by atoms with Gasteiger partial charge < -0.3 is 10.6 Å². The number of nitrogens with zero attached hydrogens (tertiary/aromatic N) is 2. The van der Waals surface area contributed by atoms with E-state index in [0.29, 0.717) is 16.9 Å². The van der Waals surface area contributed by atoms with Crippen LogP contribution in [0.15, 0.2) is 30.3 Å². The molecule has 98 valence electrons. The highest BCUT2D eigenvalue weighted by molar-refractivity contribution is 5.97. The van der Waals surface area contributed by atoms with E-state index in [1.165, 1.54) is 6.42 Å². The summed E-state index contributed by atoms with van der Waals surface area (Å²) in [5.74, 6) is 0.0184. The van der Waals surface area contributed by atoms with Crippen LogP contribution in [0.25, 0.3) is 10.9 Å². The van der Waals surface area contributed by atoms with Crippen LogP contribution >= 0.6 is 0 Å². The van der Waals surface area contributed by atoms with Crippen LogP contribution in [0.2, 0.25) is 0 Å². The lowest BCUT2D eigenvalue weighted by atomic mass is 10.1. The van der Waals surface area contributed by atoms with Crippen molar-refractivity contribution in [2.75, 3.05) is 18.8 Å². The van der Waals surface area contributed by atoms with E-state index in [1.54, 1.807) is 6.07 Å². The number of carbonyl (C=O) groups is 1. The van der Waals surface area contributed by atoms with Crippen LogP contribution in [0.4, 0.5) is 5.69 Å². The first-order valence-electron chi connectivity index (χ1n) is 6.70. The van der Waals surface area contributed by atoms with Gasteiger partial charge in [0.2, 0.25) is 0 Å². The molecule has 1 amide bonds. The number of piperidine rings is 1. The summed E-state index contributed by atoms with van der Waals surface area (Å²) in [7, 11) is 0. The zero-order valence-electron chi connectivity index (χ0n) is 10.8. The van der Waals surface area contributed by atoms with Gasteiger partial charge >= 0.3 is 0 Å². The Morgan fingerprint density at radius 1 is 1.11 bits per heavy atom. The molecule has 1 aliphatic rings. The second kappa shape index (κ2) is 4.88. The number of nitrogen functional groups attached to an aromatic ring is 1. The van der Waals surface area contributed by atoms with E-state index < -0.39 is 0 Å². The Morgan fingerprint density at radius 2 is 1.89 bits per heavy atom. The summed E-state index contributed by atoms with van der Waals surface area (Å²) in [6, 6.07) is 9.36. The minimum Gasteiger partial charge on any atom is -0.397 e. The lowest BCUT2D eigenvalue weighted by molar-refractivity contribution is 0.0719. The highest BCUT2D eigenvalue weighted by Crippen LogP contribution is 2.20. The number of rotatable bonds is 1. The van der Waals surface area contributed by atoms with Gasteiger partial charge in [-0.1, -0.05) is 18.2 Å². The van der Waals surface area contributed by atoms with E-state index in [-0.39, 0.29) is 5.91 Å². The molecule has 0 saturated carbocycles. The molecule has 19 heavy (non-hydrogen) atoms. The fourth-order valence-electron chi connectivity index (χ4n) is 2.55. The summed E-state index contributed by atoms with van der Waals surface area (Å²) in [6.45, 7) is 1.67. The van der Waals surface area contributed by atoms with Crippen molar-refractivity contribution in [3.05, 3.63) is 36.0 Å². The molecule has 1 saturated heterocycles. The maximum absolute atomic E-state index is 12.4. The maximum atomic E-state index is 12.4. The predicted octanol–water partition coefficient (Wildman–Crippen LogP) is 2.44. The molecule has 0 unspecified atom stereocenters. The molecule has 0 aliphatic carbocycles. The third-order valence-corrected chi connectivity index (χ3v) is 3.61. The summed E-state index contributed by atoms with van der Waals surface area (Å²) < 4.78 is 0. The quantitative estimate of drug-likeness (QED) is 0.796. The predicted molar refractivity (Wildman–Crippen MR) is 75.9 cm³/mol. The largest absolute Gasteiger partial charge is 0.397 e. The third-order valence-electron chi connectivity index (χ3n) is 3.61. The highest BCUT2D eigenvalue weighted by Gasteiger charge is 2.19. The van der Waals surface area contributed by atoms with Crippen LogP contribution < -0.4 is 5.73 Å². The molecule has 0 bridgehead atoms. The van der Waals surface area contributed by atoms with Crippen LogP contribution in [0.3, 0.4) is 0 Å². The van der Waals surface area contributed by atoms with E-state index in [2.05, 4.69) is 4.98 Å². The van der Waals surface area contributed by atoms with Crippen molar-refractivity contribution in [3.63, 3.8) is 0 Å². The van der Waals surface area contributed by atoms with Gasteiger partial charge in [0.05, 0.1) is 11.2 Å². The summed E-state index contributed by atoms with van der Waals surface area (Å²) in [6.07, 6.45) is 3.38. The van der Waals surface area contributed by atoms with Crippen LogP contribution in [0.1, 0.15) is 29.8 Å². The van der Waals surface area contributed by atoms with Crippen LogP contribution in [-0.2, 0) is 0 Å². The van der Waals surface area contributed by atoms with Crippen LogP contribution in [0.5, 0.6) is 0 Å². The Labute approximate surface area is 112 Å². The summed E-state index contributed by atoms with van der Waals surface area (Å²) >= 11 is 0. The summed E-state index contributed by atoms with van der Waals surface area (Å²) in [4.78, 5) is 18.7. The molecule has 2 aromatic rings. The highest BCUT2D eigenvalue weighted by atomic mass is 16.2. The number of likely N-dealkylation sites (tertiary alicyclic amines) is 1. The minimum atomic E-state index is 0.0184. The lowest BCUT2D eigenvalue weighted by Crippen LogP contribution is -2.36. The van der Waals surface area contributed by atoms with Gasteiger partial charge in [0.15, 0.2) is 0 Å². The second-order valence-corrected chi connectivity index (χ2v) is 4.97. The Balaban J connectivity index is 1.96. The molecule has 0 atom stereocenters. The minimum absolute atomic E-state index is 0.0184. The fourth-order valence-corrected chi connectivity index (χ4v) is 2.55. The molecular formula is C15H17N3O. The first-order chi connectivity index (χ1) is 9.25. The molecular weight excluding hydrogens is 238 g/mol. The Kier molecular flexibility index (Phi) is 3.07. The normalized spacial score (nSPS) is 15.7. The van der Waals surface area contributed by atoms with E-state index in [1.807, 2.05) is 29.2 Å². The Morgan fingerprint density at radius 3 is 2.68 bits per heavy atom.